The normalized spacial score (nSPS) is 14.3. The summed E-state index contributed by atoms with van der Waals surface area (Å²) in [4.78, 5) is 17.1. The van der Waals surface area contributed by atoms with Crippen LogP contribution in [0.15, 0.2) is 52.7 Å². The Morgan fingerprint density at radius 2 is 2.09 bits per heavy atom. The average molecular weight is 344 g/mol. The lowest BCUT2D eigenvalue weighted by atomic mass is 10.2. The summed E-state index contributed by atoms with van der Waals surface area (Å²) in [6.07, 6.45) is 8.96. The van der Waals surface area contributed by atoms with Crippen LogP contribution in [0.2, 0.25) is 0 Å². The molecule has 120 valence electrons. The summed E-state index contributed by atoms with van der Waals surface area (Å²) in [5, 5.41) is 2.09. The molecule has 4 heteroatoms. The van der Waals surface area contributed by atoms with Gasteiger partial charge in [-0.05, 0) is 60.7 Å². The molecule has 1 saturated carbocycles. The van der Waals surface area contributed by atoms with Crippen LogP contribution in [-0.4, -0.2) is 29.6 Å². The molecule has 1 heterocycles. The van der Waals surface area contributed by atoms with Crippen LogP contribution < -0.4 is 0 Å². The van der Waals surface area contributed by atoms with Gasteiger partial charge in [-0.25, -0.2) is 0 Å². The summed E-state index contributed by atoms with van der Waals surface area (Å²) in [6, 6.07) is 13.0. The largest absolute Gasteiger partial charge is 0.336 e. The summed E-state index contributed by atoms with van der Waals surface area (Å²) < 4.78 is 0. The molecule has 0 unspecified atom stereocenters. The van der Waals surface area contributed by atoms with E-state index in [1.54, 1.807) is 29.2 Å². The molecule has 1 aromatic heterocycles. The van der Waals surface area contributed by atoms with Gasteiger partial charge in [0.05, 0.1) is 0 Å². The van der Waals surface area contributed by atoms with E-state index in [1.807, 2.05) is 11.0 Å². The zero-order valence-corrected chi connectivity index (χ0v) is 14.9. The Morgan fingerprint density at radius 3 is 2.70 bits per heavy atom. The fourth-order valence-electron chi connectivity index (χ4n) is 2.52. The van der Waals surface area contributed by atoms with E-state index in [-0.39, 0.29) is 5.91 Å². The summed E-state index contributed by atoms with van der Waals surface area (Å²) in [7, 11) is 0. The third kappa shape index (κ3) is 4.72. The lowest BCUT2D eigenvalue weighted by Gasteiger charge is -2.20. The van der Waals surface area contributed by atoms with E-state index < -0.39 is 0 Å². The van der Waals surface area contributed by atoms with Crippen molar-refractivity contribution in [3.8, 4) is 0 Å². The number of hydrogen-bond donors (Lipinski definition) is 0. The number of hydrogen-bond acceptors (Lipinski definition) is 3. The van der Waals surface area contributed by atoms with Gasteiger partial charge in [-0.15, -0.1) is 23.1 Å². The second-order valence-electron chi connectivity index (χ2n) is 5.70. The molecule has 0 bridgehead atoms. The van der Waals surface area contributed by atoms with Crippen LogP contribution in [-0.2, 0) is 11.2 Å². The van der Waals surface area contributed by atoms with Crippen LogP contribution in [0.3, 0.4) is 0 Å². The molecule has 2 nitrogen and oxygen atoms in total. The average Bonchev–Trinajstić information content (AvgIpc) is 3.28. The summed E-state index contributed by atoms with van der Waals surface area (Å²) in [5.41, 5.74) is 1.07. The first kappa shape index (κ1) is 16.3. The standard InChI is InChI=1S/C19H21NOS2/c1-22-17-9-4-15(5-10-17)6-11-19(21)20(16-7-8-16)13-12-18-3-2-14-23-18/h2-6,9-11,14,16H,7-8,12-13H2,1H3. The third-order valence-electron chi connectivity index (χ3n) is 3.98. The smallest absolute Gasteiger partial charge is 0.246 e. The molecule has 1 fully saturated rings. The first-order valence-electron chi connectivity index (χ1n) is 7.91. The second-order valence-corrected chi connectivity index (χ2v) is 7.61. The van der Waals surface area contributed by atoms with Gasteiger partial charge in [-0.3, -0.25) is 4.79 Å². The van der Waals surface area contributed by atoms with Crippen LogP contribution in [0.4, 0.5) is 0 Å². The topological polar surface area (TPSA) is 20.3 Å². The van der Waals surface area contributed by atoms with Crippen molar-refractivity contribution < 1.29 is 4.79 Å². The van der Waals surface area contributed by atoms with Crippen LogP contribution in [0.1, 0.15) is 23.3 Å². The summed E-state index contributed by atoms with van der Waals surface area (Å²) >= 11 is 3.49. The van der Waals surface area contributed by atoms with E-state index >= 15 is 0 Å². The predicted molar refractivity (Wildman–Crippen MR) is 100 cm³/mol. The molecule has 3 rings (SSSR count). The number of carbonyl (C=O) groups is 1. The van der Waals surface area contributed by atoms with E-state index in [1.165, 1.54) is 9.77 Å². The van der Waals surface area contributed by atoms with Crippen molar-refractivity contribution in [3.05, 3.63) is 58.3 Å². The quantitative estimate of drug-likeness (QED) is 0.536. The first-order chi connectivity index (χ1) is 11.3. The molecule has 0 spiro atoms. The molecule has 1 aliphatic carbocycles. The fourth-order valence-corrected chi connectivity index (χ4v) is 3.63. The highest BCUT2D eigenvalue weighted by Gasteiger charge is 2.31. The number of benzene rings is 1. The predicted octanol–water partition coefficient (Wildman–Crippen LogP) is 4.72. The number of carbonyl (C=O) groups excluding carboxylic acids is 1. The molecule has 1 aliphatic rings. The molecule has 1 aromatic carbocycles. The molecule has 1 amide bonds. The van der Waals surface area contributed by atoms with E-state index in [0.717, 1.165) is 31.4 Å². The maximum absolute atomic E-state index is 12.5. The Hall–Kier alpha value is -1.52. The molecule has 0 atom stereocenters. The molecule has 0 aliphatic heterocycles. The van der Waals surface area contributed by atoms with E-state index in [9.17, 15) is 4.79 Å². The highest BCUT2D eigenvalue weighted by atomic mass is 32.2. The van der Waals surface area contributed by atoms with Crippen LogP contribution in [0, 0.1) is 0 Å². The van der Waals surface area contributed by atoms with Crippen molar-refractivity contribution in [3.63, 3.8) is 0 Å². The van der Waals surface area contributed by atoms with Gasteiger partial charge in [-0.2, -0.15) is 0 Å². The molecule has 23 heavy (non-hydrogen) atoms. The highest BCUT2D eigenvalue weighted by molar-refractivity contribution is 7.98. The molecule has 0 saturated heterocycles. The lowest BCUT2D eigenvalue weighted by molar-refractivity contribution is -0.126. The van der Waals surface area contributed by atoms with Crippen molar-refractivity contribution >= 4 is 35.1 Å². The number of thiophene rings is 1. The second kappa shape index (κ2) is 7.84. The van der Waals surface area contributed by atoms with Gasteiger partial charge in [0.2, 0.25) is 5.91 Å². The van der Waals surface area contributed by atoms with Crippen LogP contribution >= 0.6 is 23.1 Å². The lowest BCUT2D eigenvalue weighted by Crippen LogP contribution is -2.33. The highest BCUT2D eigenvalue weighted by Crippen LogP contribution is 2.27. The molecular weight excluding hydrogens is 322 g/mol. The van der Waals surface area contributed by atoms with Crippen molar-refractivity contribution in [2.24, 2.45) is 0 Å². The number of amides is 1. The Labute approximate surface area is 146 Å². The minimum atomic E-state index is 0.137. The minimum Gasteiger partial charge on any atom is -0.336 e. The maximum atomic E-state index is 12.5. The summed E-state index contributed by atoms with van der Waals surface area (Å²) in [6.45, 7) is 0.819. The first-order valence-corrected chi connectivity index (χ1v) is 10.0. The van der Waals surface area contributed by atoms with E-state index in [2.05, 4.69) is 48.0 Å². The van der Waals surface area contributed by atoms with Gasteiger partial charge in [0.15, 0.2) is 0 Å². The van der Waals surface area contributed by atoms with Crippen LogP contribution in [0.5, 0.6) is 0 Å². The van der Waals surface area contributed by atoms with E-state index in [4.69, 9.17) is 0 Å². The third-order valence-corrected chi connectivity index (χ3v) is 5.66. The van der Waals surface area contributed by atoms with E-state index in [0.29, 0.717) is 6.04 Å². The molecule has 2 aromatic rings. The van der Waals surface area contributed by atoms with Gasteiger partial charge in [-0.1, -0.05) is 18.2 Å². The van der Waals surface area contributed by atoms with Gasteiger partial charge in [0.25, 0.3) is 0 Å². The van der Waals surface area contributed by atoms with Gasteiger partial charge in [0, 0.05) is 28.4 Å². The Balaban J connectivity index is 1.60. The number of thioether (sulfide) groups is 1. The van der Waals surface area contributed by atoms with Crippen molar-refractivity contribution in [2.75, 3.05) is 12.8 Å². The van der Waals surface area contributed by atoms with Crippen molar-refractivity contribution in [1.29, 1.82) is 0 Å². The molecule has 0 radical (unpaired) electrons. The number of nitrogens with zero attached hydrogens (tertiary/aromatic N) is 1. The van der Waals surface area contributed by atoms with Gasteiger partial charge < -0.3 is 4.90 Å². The monoisotopic (exact) mass is 343 g/mol. The summed E-state index contributed by atoms with van der Waals surface area (Å²) in [5.74, 6) is 0.137. The number of rotatable bonds is 7. The maximum Gasteiger partial charge on any atom is 0.246 e. The zero-order chi connectivity index (χ0) is 16.1. The van der Waals surface area contributed by atoms with Crippen molar-refractivity contribution in [2.45, 2.75) is 30.2 Å². The Bertz CT molecular complexity index is 657. The SMILES string of the molecule is CSc1ccc(C=CC(=O)N(CCc2cccs2)C2CC2)cc1. The Morgan fingerprint density at radius 1 is 1.30 bits per heavy atom. The zero-order valence-electron chi connectivity index (χ0n) is 13.3. The Kier molecular flexibility index (Phi) is 5.57. The molecular formula is C19H21NOS2. The van der Waals surface area contributed by atoms with Gasteiger partial charge in [0.1, 0.15) is 0 Å². The molecule has 0 N–H and O–H groups in total. The van der Waals surface area contributed by atoms with Gasteiger partial charge >= 0.3 is 0 Å². The van der Waals surface area contributed by atoms with Crippen molar-refractivity contribution in [1.82, 2.24) is 4.90 Å². The fraction of sp³-hybridized carbons (Fsp3) is 0.316. The minimum absolute atomic E-state index is 0.137. The van der Waals surface area contributed by atoms with Crippen LogP contribution in [0.25, 0.3) is 6.08 Å².